The molecule has 69 heavy (non-hydrogen) atoms. The molecule has 6 heterocycles. The van der Waals surface area contributed by atoms with Crippen molar-refractivity contribution in [2.45, 2.75) is 0 Å². The lowest BCUT2D eigenvalue weighted by Crippen LogP contribution is -2.02. The number of fused-ring (bicyclic) bond motifs is 9. The van der Waals surface area contributed by atoms with Crippen LogP contribution in [0.2, 0.25) is 0 Å². The monoisotopic (exact) mass is 882 g/mol. The van der Waals surface area contributed by atoms with Crippen LogP contribution in [0.25, 0.3) is 128 Å². The summed E-state index contributed by atoms with van der Waals surface area (Å²) in [5.74, 6) is 2.12. The molecule has 0 atom stereocenters. The van der Waals surface area contributed by atoms with Gasteiger partial charge in [0.15, 0.2) is 11.6 Å². The van der Waals surface area contributed by atoms with E-state index in [0.717, 1.165) is 100 Å². The van der Waals surface area contributed by atoms with E-state index in [1.807, 2.05) is 61.1 Å². The van der Waals surface area contributed by atoms with Gasteiger partial charge in [0, 0.05) is 84.4 Å². The number of benzene rings is 8. The minimum atomic E-state index is 0.654. The zero-order valence-corrected chi connectivity index (χ0v) is 37.0. The van der Waals surface area contributed by atoms with Gasteiger partial charge < -0.3 is 9.13 Å². The molecule has 8 aromatic carbocycles. The van der Waals surface area contributed by atoms with Crippen LogP contribution in [0.3, 0.4) is 0 Å². The highest BCUT2D eigenvalue weighted by Gasteiger charge is 2.20. The van der Waals surface area contributed by atoms with E-state index in [1.165, 1.54) is 16.2 Å². The largest absolute Gasteiger partial charge is 0.309 e. The normalized spacial score (nSPS) is 11.8. The Morgan fingerprint density at radius 3 is 1.70 bits per heavy atom. The zero-order valence-electron chi connectivity index (χ0n) is 37.0. The van der Waals surface area contributed by atoms with Gasteiger partial charge in [-0.25, -0.2) is 19.9 Å². The summed E-state index contributed by atoms with van der Waals surface area (Å²) in [5.41, 5.74) is 14.4. The number of aromatic nitrogens is 8. The van der Waals surface area contributed by atoms with Gasteiger partial charge in [0.25, 0.3) is 0 Å². The maximum absolute atomic E-state index is 5.27. The second-order valence-corrected chi connectivity index (χ2v) is 17.4. The summed E-state index contributed by atoms with van der Waals surface area (Å²) < 4.78 is 6.93. The summed E-state index contributed by atoms with van der Waals surface area (Å²) in [6, 6.07) is 74.4. The molecule has 0 bridgehead atoms. The molecule has 8 heteroatoms. The molecular formula is C61H38N8. The van der Waals surface area contributed by atoms with Crippen molar-refractivity contribution in [1.82, 2.24) is 38.6 Å². The van der Waals surface area contributed by atoms with Crippen molar-refractivity contribution in [3.63, 3.8) is 0 Å². The quantitative estimate of drug-likeness (QED) is 0.159. The molecule has 14 aromatic rings. The molecule has 0 fully saturated rings. The highest BCUT2D eigenvalue weighted by Crippen LogP contribution is 2.39. The Balaban J connectivity index is 0.890. The van der Waals surface area contributed by atoms with Gasteiger partial charge in [-0.15, -0.1) is 0 Å². The van der Waals surface area contributed by atoms with Crippen molar-refractivity contribution < 1.29 is 0 Å². The predicted molar refractivity (Wildman–Crippen MR) is 280 cm³/mol. The summed E-state index contributed by atoms with van der Waals surface area (Å²) in [7, 11) is 0. The average molecular weight is 883 g/mol. The zero-order chi connectivity index (χ0) is 45.4. The molecule has 0 saturated heterocycles. The lowest BCUT2D eigenvalue weighted by atomic mass is 10.1. The Morgan fingerprint density at radius 1 is 0.290 bits per heavy atom. The third kappa shape index (κ3) is 6.27. The highest BCUT2D eigenvalue weighted by molar-refractivity contribution is 6.13. The number of hydrogen-bond donors (Lipinski definition) is 0. The van der Waals surface area contributed by atoms with E-state index in [-0.39, 0.29) is 0 Å². The van der Waals surface area contributed by atoms with Gasteiger partial charge in [0.2, 0.25) is 0 Å². The van der Waals surface area contributed by atoms with Gasteiger partial charge in [0.05, 0.1) is 50.7 Å². The Hall–Kier alpha value is -9.53. The number of nitrogens with zero attached hydrogens (tertiary/aromatic N) is 8. The van der Waals surface area contributed by atoms with Crippen LogP contribution in [-0.2, 0) is 0 Å². The van der Waals surface area contributed by atoms with Crippen LogP contribution >= 0.6 is 0 Å². The first-order valence-corrected chi connectivity index (χ1v) is 23.1. The SMILES string of the molecule is c1ccc(-c2cc(-n3c4ccccc4c4cc(-c5nccc(-c6ccc7c8ccccc8n(-c8ccc9c(c8)c8ccncc8n9-c8ccccc8)c7c6)n5)ccc43)nc(-c3ccccc3)n2)cc1. The molecule has 0 aliphatic rings. The van der Waals surface area contributed by atoms with Crippen LogP contribution in [0.4, 0.5) is 0 Å². The van der Waals surface area contributed by atoms with E-state index in [9.17, 15) is 0 Å². The number of rotatable bonds is 7. The summed E-state index contributed by atoms with van der Waals surface area (Å²) >= 11 is 0. The standard InChI is InChI=1S/C61H38N8/c1-4-14-39(15-5-1)52-37-59(66-61(65-52)40-16-6-2-7-17-40)69-54-23-13-11-21-46(54)49-34-42(25-28-56(49)69)60-63-33-31-51(64-60)41-24-27-47-45-20-10-12-22-53(45)68(57(47)35-41)44-26-29-55-50(36-44)48-30-32-62-38-58(48)67(55)43-18-8-3-9-19-43/h1-38H. The third-order valence-corrected chi connectivity index (χ3v) is 13.4. The number of para-hydroxylation sites is 3. The molecule has 0 aliphatic heterocycles. The van der Waals surface area contributed by atoms with Crippen LogP contribution in [0, 0.1) is 0 Å². The van der Waals surface area contributed by atoms with E-state index >= 15 is 0 Å². The molecule has 0 aliphatic carbocycles. The minimum absolute atomic E-state index is 0.654. The Kier molecular flexibility index (Phi) is 8.72. The van der Waals surface area contributed by atoms with Gasteiger partial charge in [-0.1, -0.05) is 127 Å². The second kappa shape index (κ2) is 15.5. The molecule has 322 valence electrons. The fraction of sp³-hybridized carbons (Fsp3) is 0. The van der Waals surface area contributed by atoms with Crippen molar-refractivity contribution in [3.05, 3.63) is 231 Å². The molecular weight excluding hydrogens is 845 g/mol. The van der Waals surface area contributed by atoms with Gasteiger partial charge in [-0.05, 0) is 78.9 Å². The topological polar surface area (TPSA) is 79.2 Å². The fourth-order valence-electron chi connectivity index (χ4n) is 10.3. The molecule has 0 radical (unpaired) electrons. The first-order chi connectivity index (χ1) is 34.2. The van der Waals surface area contributed by atoms with Crippen molar-refractivity contribution >= 4 is 65.4 Å². The summed E-state index contributed by atoms with van der Waals surface area (Å²) in [4.78, 5) is 25.0. The second-order valence-electron chi connectivity index (χ2n) is 17.4. The predicted octanol–water partition coefficient (Wildman–Crippen LogP) is 14.6. The van der Waals surface area contributed by atoms with Crippen molar-refractivity contribution in [2.75, 3.05) is 0 Å². The van der Waals surface area contributed by atoms with E-state index < -0.39 is 0 Å². The summed E-state index contributed by atoms with van der Waals surface area (Å²) in [5, 5.41) is 6.90. The van der Waals surface area contributed by atoms with Crippen LogP contribution in [-0.4, -0.2) is 38.6 Å². The molecule has 0 unspecified atom stereocenters. The molecule has 0 spiro atoms. The average Bonchev–Trinajstić information content (AvgIpc) is 4.06. The number of hydrogen-bond acceptors (Lipinski definition) is 5. The maximum Gasteiger partial charge on any atom is 0.162 e. The summed E-state index contributed by atoms with van der Waals surface area (Å²) in [6.45, 7) is 0. The van der Waals surface area contributed by atoms with Crippen LogP contribution in [0.1, 0.15) is 0 Å². The smallest absolute Gasteiger partial charge is 0.162 e. The van der Waals surface area contributed by atoms with Crippen molar-refractivity contribution in [1.29, 1.82) is 0 Å². The molecule has 0 amide bonds. The first kappa shape index (κ1) is 38.7. The van der Waals surface area contributed by atoms with Crippen LogP contribution < -0.4 is 0 Å². The van der Waals surface area contributed by atoms with Gasteiger partial charge in [0.1, 0.15) is 5.82 Å². The fourth-order valence-corrected chi connectivity index (χ4v) is 10.3. The van der Waals surface area contributed by atoms with E-state index in [0.29, 0.717) is 11.6 Å². The van der Waals surface area contributed by atoms with Gasteiger partial charge in [-0.2, -0.15) is 0 Å². The number of pyridine rings is 1. The Morgan fingerprint density at radius 2 is 0.884 bits per heavy atom. The van der Waals surface area contributed by atoms with Gasteiger partial charge >= 0.3 is 0 Å². The lowest BCUT2D eigenvalue weighted by Gasteiger charge is -2.12. The molecule has 14 rings (SSSR count). The first-order valence-electron chi connectivity index (χ1n) is 23.1. The van der Waals surface area contributed by atoms with Gasteiger partial charge in [-0.3, -0.25) is 9.55 Å². The van der Waals surface area contributed by atoms with Crippen LogP contribution in [0.15, 0.2) is 231 Å². The van der Waals surface area contributed by atoms with Crippen molar-refractivity contribution in [3.8, 4) is 62.5 Å². The Bertz CT molecular complexity index is 4250. The molecule has 0 saturated carbocycles. The maximum atomic E-state index is 5.27. The lowest BCUT2D eigenvalue weighted by molar-refractivity contribution is 1.05. The highest BCUT2D eigenvalue weighted by atomic mass is 15.1. The summed E-state index contributed by atoms with van der Waals surface area (Å²) in [6.07, 6.45) is 5.71. The molecule has 8 nitrogen and oxygen atoms in total. The third-order valence-electron chi connectivity index (χ3n) is 13.4. The minimum Gasteiger partial charge on any atom is -0.309 e. The Labute approximate surface area is 395 Å². The van der Waals surface area contributed by atoms with E-state index in [4.69, 9.17) is 19.9 Å². The van der Waals surface area contributed by atoms with E-state index in [2.05, 4.69) is 189 Å². The van der Waals surface area contributed by atoms with Crippen molar-refractivity contribution in [2.24, 2.45) is 0 Å². The van der Waals surface area contributed by atoms with E-state index in [1.54, 1.807) is 0 Å². The molecule has 6 aromatic heterocycles. The van der Waals surface area contributed by atoms with Crippen LogP contribution in [0.5, 0.6) is 0 Å². The molecule has 0 N–H and O–H groups in total.